The number of carbonyl (C=O) groups is 3. The van der Waals surface area contributed by atoms with E-state index in [4.69, 9.17) is 11.6 Å². The molecule has 0 unspecified atom stereocenters. The number of nitrogens with zero attached hydrogens (tertiary/aromatic N) is 6. The number of aromatic nitrogens is 4. The Morgan fingerprint density at radius 1 is 1.09 bits per heavy atom. The highest BCUT2D eigenvalue weighted by atomic mass is 35.5. The van der Waals surface area contributed by atoms with Gasteiger partial charge in [0.2, 0.25) is 5.91 Å². The number of imidazole rings is 1. The second-order valence-corrected chi connectivity index (χ2v) is 11.5. The molecule has 0 radical (unpaired) electrons. The number of hydrogen-bond donors (Lipinski definition) is 2. The molecule has 5 rings (SSSR count). The average Bonchev–Trinajstić information content (AvgIpc) is 3.64. The highest BCUT2D eigenvalue weighted by Gasteiger charge is 2.38. The third-order valence-electron chi connectivity index (χ3n) is 8.06. The molecule has 0 bridgehead atoms. The highest BCUT2D eigenvalue weighted by Crippen LogP contribution is 2.36. The van der Waals surface area contributed by atoms with E-state index in [1.807, 2.05) is 11.8 Å². The zero-order valence-corrected chi connectivity index (χ0v) is 26.2. The zero-order chi connectivity index (χ0) is 33.0. The summed E-state index contributed by atoms with van der Waals surface area (Å²) in [6.07, 6.45) is -0.135. The van der Waals surface area contributed by atoms with Gasteiger partial charge in [-0.05, 0) is 44.1 Å². The molecule has 2 N–H and O–H groups in total. The number of piperazine rings is 1. The number of halogens is 4. The number of carbonyl (C=O) groups excluding carboxylic acids is 3. The fraction of sp³-hybridized carbons (Fsp3) is 0.452. The van der Waals surface area contributed by atoms with E-state index >= 15 is 0 Å². The van der Waals surface area contributed by atoms with Crippen molar-refractivity contribution in [3.63, 3.8) is 0 Å². The summed E-state index contributed by atoms with van der Waals surface area (Å²) in [5, 5.41) is 9.69. The van der Waals surface area contributed by atoms with E-state index in [9.17, 15) is 27.6 Å². The fourth-order valence-corrected chi connectivity index (χ4v) is 5.87. The minimum absolute atomic E-state index is 0.0181. The first-order valence-electron chi connectivity index (χ1n) is 15.0. The zero-order valence-electron chi connectivity index (χ0n) is 25.5. The van der Waals surface area contributed by atoms with Gasteiger partial charge >= 0.3 is 6.18 Å². The summed E-state index contributed by atoms with van der Waals surface area (Å²) in [5.41, 5.74) is -0.780. The summed E-state index contributed by atoms with van der Waals surface area (Å²) in [7, 11) is 1.43. The molecule has 46 heavy (non-hydrogen) atoms. The predicted octanol–water partition coefficient (Wildman–Crippen LogP) is 3.91. The van der Waals surface area contributed by atoms with E-state index in [1.165, 1.54) is 42.2 Å². The van der Waals surface area contributed by atoms with Crippen LogP contribution in [0.2, 0.25) is 5.02 Å². The summed E-state index contributed by atoms with van der Waals surface area (Å²) >= 11 is 6.46. The van der Waals surface area contributed by atoms with Gasteiger partial charge in [0, 0.05) is 57.4 Å². The first-order chi connectivity index (χ1) is 22.0. The molecule has 244 valence electrons. The molecule has 0 saturated carbocycles. The van der Waals surface area contributed by atoms with Crippen LogP contribution in [0.4, 0.5) is 18.9 Å². The Bertz CT molecular complexity index is 1680. The van der Waals surface area contributed by atoms with Crippen LogP contribution in [0.5, 0.6) is 0 Å². The maximum atomic E-state index is 13.8. The molecular formula is C31H34ClF3N8O3. The number of amides is 3. The van der Waals surface area contributed by atoms with Crippen molar-refractivity contribution in [2.75, 3.05) is 44.6 Å². The first kappa shape index (κ1) is 33.0. The number of hydrogen-bond acceptors (Lipinski definition) is 6. The normalized spacial score (nSPS) is 15.8. The van der Waals surface area contributed by atoms with Gasteiger partial charge in [-0.2, -0.15) is 18.3 Å². The number of piperidine rings is 1. The molecule has 2 fully saturated rings. The predicted molar refractivity (Wildman–Crippen MR) is 165 cm³/mol. The van der Waals surface area contributed by atoms with Gasteiger partial charge in [-0.1, -0.05) is 24.4 Å². The molecule has 2 aliphatic rings. The van der Waals surface area contributed by atoms with Crippen LogP contribution in [0.25, 0.3) is 11.3 Å². The van der Waals surface area contributed by atoms with Crippen LogP contribution in [-0.2, 0) is 24.6 Å². The first-order valence-corrected chi connectivity index (χ1v) is 15.4. The molecular weight excluding hydrogens is 625 g/mol. The Morgan fingerprint density at radius 2 is 1.78 bits per heavy atom. The second-order valence-electron chi connectivity index (χ2n) is 11.1. The number of rotatable bonds is 6. The number of anilines is 1. The topological polar surface area (TPSA) is 117 Å². The van der Waals surface area contributed by atoms with Crippen LogP contribution in [0.15, 0.2) is 30.6 Å². The van der Waals surface area contributed by atoms with Crippen LogP contribution in [-0.4, -0.2) is 86.1 Å². The summed E-state index contributed by atoms with van der Waals surface area (Å²) in [6, 6.07) is 4.44. The van der Waals surface area contributed by atoms with Gasteiger partial charge in [-0.3, -0.25) is 19.1 Å². The molecule has 2 aliphatic heterocycles. The van der Waals surface area contributed by atoms with Crippen molar-refractivity contribution in [2.45, 2.75) is 38.9 Å². The van der Waals surface area contributed by atoms with Crippen molar-refractivity contribution >= 4 is 35.0 Å². The quantitative estimate of drug-likeness (QED) is 0.388. The summed E-state index contributed by atoms with van der Waals surface area (Å²) < 4.78 is 43.8. The maximum Gasteiger partial charge on any atom is 0.435 e. The third-order valence-corrected chi connectivity index (χ3v) is 8.38. The lowest BCUT2D eigenvalue weighted by Crippen LogP contribution is -2.52. The van der Waals surface area contributed by atoms with Gasteiger partial charge in [0.1, 0.15) is 6.54 Å². The summed E-state index contributed by atoms with van der Waals surface area (Å²) in [5.74, 6) is 4.59. The Hall–Kier alpha value is -4.35. The molecule has 0 atom stereocenters. The monoisotopic (exact) mass is 658 g/mol. The van der Waals surface area contributed by atoms with Crippen molar-refractivity contribution in [3.05, 3.63) is 52.7 Å². The van der Waals surface area contributed by atoms with Gasteiger partial charge in [0.05, 0.1) is 28.0 Å². The van der Waals surface area contributed by atoms with E-state index in [-0.39, 0.29) is 57.6 Å². The molecule has 0 aliphatic carbocycles. The Balaban J connectivity index is 1.24. The highest BCUT2D eigenvalue weighted by molar-refractivity contribution is 6.34. The van der Waals surface area contributed by atoms with Crippen molar-refractivity contribution in [3.8, 4) is 23.1 Å². The summed E-state index contributed by atoms with van der Waals surface area (Å²) in [6.45, 7) is 5.13. The van der Waals surface area contributed by atoms with Gasteiger partial charge < -0.3 is 25.0 Å². The maximum absolute atomic E-state index is 13.8. The van der Waals surface area contributed by atoms with Gasteiger partial charge in [0.15, 0.2) is 11.5 Å². The van der Waals surface area contributed by atoms with E-state index in [2.05, 4.69) is 32.6 Å². The average molecular weight is 659 g/mol. The minimum atomic E-state index is -4.74. The van der Waals surface area contributed by atoms with Crippen molar-refractivity contribution < 1.29 is 27.6 Å². The molecule has 3 amide bonds. The SMILES string of the molecule is CCC#CCn1cc(-c2cnc(C(=O)Nc3ccc(C(=O)N4CCN(C(=O)C5CCNCC5)CC4)c(Cl)c3)n2C)c(C(F)(F)F)n1. The van der Waals surface area contributed by atoms with Crippen molar-refractivity contribution in [2.24, 2.45) is 13.0 Å². The van der Waals surface area contributed by atoms with Crippen LogP contribution >= 0.6 is 11.6 Å². The summed E-state index contributed by atoms with van der Waals surface area (Å²) in [4.78, 5) is 46.7. The molecule has 0 spiro atoms. The number of alkyl halides is 3. The van der Waals surface area contributed by atoms with Crippen molar-refractivity contribution in [1.29, 1.82) is 0 Å². The fourth-order valence-electron chi connectivity index (χ4n) is 5.61. The lowest BCUT2D eigenvalue weighted by Gasteiger charge is -2.37. The molecule has 2 aromatic heterocycles. The molecule has 15 heteroatoms. The number of benzene rings is 1. The largest absolute Gasteiger partial charge is 0.435 e. The van der Waals surface area contributed by atoms with E-state index < -0.39 is 17.8 Å². The van der Waals surface area contributed by atoms with Crippen LogP contribution < -0.4 is 10.6 Å². The van der Waals surface area contributed by atoms with Crippen LogP contribution in [0, 0.1) is 17.8 Å². The van der Waals surface area contributed by atoms with Gasteiger partial charge in [0.25, 0.3) is 11.8 Å². The standard InChI is InChI=1S/C31H34ClF3N8O3/c1-3-4-5-12-43-19-23(26(39-43)31(33,34)35)25-18-37-27(40(25)2)28(44)38-21-6-7-22(24(32)17-21)30(46)42-15-13-41(14-16-42)29(45)20-8-10-36-11-9-20/h6-7,17-20,36H,3,8-16H2,1-2H3,(H,38,44). The molecule has 11 nitrogen and oxygen atoms in total. The van der Waals surface area contributed by atoms with Crippen LogP contribution in [0.1, 0.15) is 52.9 Å². The van der Waals surface area contributed by atoms with E-state index in [0.717, 1.165) is 30.6 Å². The second kappa shape index (κ2) is 14.0. The Morgan fingerprint density at radius 3 is 2.43 bits per heavy atom. The van der Waals surface area contributed by atoms with Crippen molar-refractivity contribution in [1.82, 2.24) is 34.4 Å². The number of nitrogens with one attached hydrogen (secondary N) is 2. The lowest BCUT2D eigenvalue weighted by atomic mass is 9.96. The molecule has 3 aromatic rings. The van der Waals surface area contributed by atoms with E-state index in [0.29, 0.717) is 32.6 Å². The lowest BCUT2D eigenvalue weighted by molar-refractivity contribution is -0.141. The minimum Gasteiger partial charge on any atom is -0.339 e. The smallest absolute Gasteiger partial charge is 0.339 e. The molecule has 1 aromatic carbocycles. The molecule has 4 heterocycles. The third kappa shape index (κ3) is 7.21. The Kier molecular flexibility index (Phi) is 10.0. The van der Waals surface area contributed by atoms with Crippen LogP contribution in [0.3, 0.4) is 0 Å². The van der Waals surface area contributed by atoms with Gasteiger partial charge in [-0.25, -0.2) is 4.98 Å². The van der Waals surface area contributed by atoms with Gasteiger partial charge in [-0.15, -0.1) is 5.92 Å². The van der Waals surface area contributed by atoms with E-state index in [1.54, 1.807) is 4.90 Å². The Labute approximate surface area is 269 Å². The molecule has 2 saturated heterocycles.